The third kappa shape index (κ3) is 3.55. The monoisotopic (exact) mass is 285 g/mol. The Labute approximate surface area is 116 Å². The first kappa shape index (κ1) is 16.1. The lowest BCUT2D eigenvalue weighted by molar-refractivity contribution is -0.119. The Balaban J connectivity index is 2.88. The molecule has 0 fully saturated rings. The van der Waals surface area contributed by atoms with Crippen molar-refractivity contribution in [3.63, 3.8) is 0 Å². The largest absolute Gasteiger partial charge is 0.477 e. The first-order valence-electron chi connectivity index (χ1n) is 6.13. The average molecular weight is 285 g/mol. The number of aromatic nitrogens is 2. The van der Waals surface area contributed by atoms with Crippen molar-refractivity contribution in [3.8, 4) is 0 Å². The Morgan fingerprint density at radius 2 is 2.00 bits per heavy atom. The van der Waals surface area contributed by atoms with Gasteiger partial charge in [-0.2, -0.15) is 5.10 Å². The van der Waals surface area contributed by atoms with Crippen molar-refractivity contribution in [2.24, 2.45) is 7.05 Å². The Kier molecular flexibility index (Phi) is 5.23. The highest BCUT2D eigenvalue weighted by atomic mass is 16.4. The SMILES string of the molecule is CC(=O)NCCC(O)C(O)c1c(C)nn(C)c1C(=O)O. The van der Waals surface area contributed by atoms with Gasteiger partial charge >= 0.3 is 5.97 Å². The molecule has 1 aromatic heterocycles. The van der Waals surface area contributed by atoms with Gasteiger partial charge in [-0.15, -0.1) is 0 Å². The Bertz CT molecular complexity index is 511. The summed E-state index contributed by atoms with van der Waals surface area (Å²) in [5.41, 5.74) is 0.278. The molecule has 0 aromatic carbocycles. The molecule has 1 heterocycles. The van der Waals surface area contributed by atoms with E-state index in [0.717, 1.165) is 4.68 Å². The zero-order valence-electron chi connectivity index (χ0n) is 11.6. The van der Waals surface area contributed by atoms with Gasteiger partial charge in [-0.25, -0.2) is 4.79 Å². The molecule has 0 spiro atoms. The smallest absolute Gasteiger partial charge is 0.354 e. The summed E-state index contributed by atoms with van der Waals surface area (Å²) < 4.78 is 1.15. The van der Waals surface area contributed by atoms with E-state index in [-0.39, 0.29) is 30.1 Å². The standard InChI is InChI=1S/C12H19N3O5/c1-6-9(10(12(19)20)15(3)14-6)11(18)8(17)4-5-13-7(2)16/h8,11,17-18H,4-5H2,1-3H3,(H,13,16)(H,19,20). The molecule has 4 N–H and O–H groups in total. The van der Waals surface area contributed by atoms with Gasteiger partial charge in [-0.1, -0.05) is 0 Å². The number of aromatic carboxylic acids is 1. The van der Waals surface area contributed by atoms with E-state index in [2.05, 4.69) is 10.4 Å². The van der Waals surface area contributed by atoms with Crippen LogP contribution in [0.3, 0.4) is 0 Å². The summed E-state index contributed by atoms with van der Waals surface area (Å²) in [4.78, 5) is 21.9. The summed E-state index contributed by atoms with van der Waals surface area (Å²) in [6.07, 6.45) is -2.46. The number of hydrogen-bond acceptors (Lipinski definition) is 5. The predicted molar refractivity (Wildman–Crippen MR) is 69.2 cm³/mol. The van der Waals surface area contributed by atoms with Gasteiger partial charge < -0.3 is 20.6 Å². The maximum Gasteiger partial charge on any atom is 0.354 e. The van der Waals surface area contributed by atoms with Crippen molar-refractivity contribution >= 4 is 11.9 Å². The topological polar surface area (TPSA) is 125 Å². The van der Waals surface area contributed by atoms with Crippen LogP contribution in [0, 0.1) is 6.92 Å². The third-order valence-corrected chi connectivity index (χ3v) is 2.95. The van der Waals surface area contributed by atoms with E-state index in [1.807, 2.05) is 0 Å². The number of aryl methyl sites for hydroxylation is 2. The summed E-state index contributed by atoms with van der Waals surface area (Å²) in [6.45, 7) is 3.09. The first-order valence-corrected chi connectivity index (χ1v) is 6.13. The normalized spacial score (nSPS) is 13.8. The fraction of sp³-hybridized carbons (Fsp3) is 0.583. The molecule has 20 heavy (non-hydrogen) atoms. The van der Waals surface area contributed by atoms with Gasteiger partial charge in [-0.3, -0.25) is 9.48 Å². The van der Waals surface area contributed by atoms with Crippen LogP contribution in [0.25, 0.3) is 0 Å². The van der Waals surface area contributed by atoms with Crippen molar-refractivity contribution in [2.75, 3.05) is 6.54 Å². The van der Waals surface area contributed by atoms with Gasteiger partial charge in [0, 0.05) is 26.1 Å². The Morgan fingerprint density at radius 1 is 1.40 bits per heavy atom. The number of amides is 1. The second-order valence-corrected chi connectivity index (χ2v) is 4.56. The number of carboxylic acid groups (broad SMARTS) is 1. The summed E-state index contributed by atoms with van der Waals surface area (Å²) in [5, 5.41) is 35.6. The lowest BCUT2D eigenvalue weighted by atomic mass is 10.00. The number of carbonyl (C=O) groups is 2. The van der Waals surface area contributed by atoms with Crippen LogP contribution in [0.2, 0.25) is 0 Å². The zero-order valence-corrected chi connectivity index (χ0v) is 11.6. The second-order valence-electron chi connectivity index (χ2n) is 4.56. The maximum absolute atomic E-state index is 11.2. The molecule has 2 unspecified atom stereocenters. The van der Waals surface area contributed by atoms with Gasteiger partial charge in [0.05, 0.1) is 11.8 Å². The molecule has 0 aliphatic heterocycles. The lowest BCUT2D eigenvalue weighted by Crippen LogP contribution is -2.28. The van der Waals surface area contributed by atoms with Gasteiger partial charge in [0.1, 0.15) is 6.10 Å². The third-order valence-electron chi connectivity index (χ3n) is 2.95. The van der Waals surface area contributed by atoms with Gasteiger partial charge in [-0.05, 0) is 13.3 Å². The van der Waals surface area contributed by atoms with E-state index >= 15 is 0 Å². The molecule has 0 saturated carbocycles. The molecular weight excluding hydrogens is 266 g/mol. The number of carbonyl (C=O) groups excluding carboxylic acids is 1. The van der Waals surface area contributed by atoms with Crippen molar-refractivity contribution < 1.29 is 24.9 Å². The van der Waals surface area contributed by atoms with Crippen molar-refractivity contribution in [2.45, 2.75) is 32.5 Å². The maximum atomic E-state index is 11.2. The fourth-order valence-electron chi connectivity index (χ4n) is 2.03. The summed E-state index contributed by atoms with van der Waals surface area (Å²) in [6, 6.07) is 0. The first-order chi connectivity index (χ1) is 9.25. The minimum absolute atomic E-state index is 0.0929. The van der Waals surface area contributed by atoms with Gasteiger partial charge in [0.25, 0.3) is 0 Å². The van der Waals surface area contributed by atoms with Crippen LogP contribution in [0.5, 0.6) is 0 Å². The average Bonchev–Trinajstić information content (AvgIpc) is 2.62. The Morgan fingerprint density at radius 3 is 2.50 bits per heavy atom. The number of aliphatic hydroxyl groups is 2. The van der Waals surface area contributed by atoms with Crippen LogP contribution in [-0.2, 0) is 11.8 Å². The number of nitrogens with one attached hydrogen (secondary N) is 1. The van der Waals surface area contributed by atoms with Crippen LogP contribution in [-0.4, -0.2) is 49.6 Å². The number of rotatable bonds is 6. The van der Waals surface area contributed by atoms with Crippen molar-refractivity contribution in [1.82, 2.24) is 15.1 Å². The minimum atomic E-state index is -1.37. The summed E-state index contributed by atoms with van der Waals surface area (Å²) >= 11 is 0. The molecule has 1 aromatic rings. The molecule has 1 amide bonds. The second kappa shape index (κ2) is 6.49. The van der Waals surface area contributed by atoms with E-state index in [4.69, 9.17) is 5.11 Å². The molecule has 0 aliphatic rings. The predicted octanol–water partition coefficient (Wildman–Crippen LogP) is -0.653. The molecule has 2 atom stereocenters. The lowest BCUT2D eigenvalue weighted by Gasteiger charge is -2.18. The number of nitrogens with zero attached hydrogens (tertiary/aromatic N) is 2. The molecule has 0 aliphatic carbocycles. The zero-order chi connectivity index (χ0) is 15.4. The quantitative estimate of drug-likeness (QED) is 0.550. The Hall–Kier alpha value is -1.93. The highest BCUT2D eigenvalue weighted by Crippen LogP contribution is 2.25. The number of carboxylic acids is 1. The molecule has 8 nitrogen and oxygen atoms in total. The molecular formula is C12H19N3O5. The van der Waals surface area contributed by atoms with Gasteiger partial charge in [0.15, 0.2) is 5.69 Å². The van der Waals surface area contributed by atoms with Gasteiger partial charge in [0.2, 0.25) is 5.91 Å². The van der Waals surface area contributed by atoms with E-state index in [1.165, 1.54) is 14.0 Å². The van der Waals surface area contributed by atoms with E-state index in [9.17, 15) is 19.8 Å². The summed E-state index contributed by atoms with van der Waals surface area (Å²) in [5.74, 6) is -1.47. The summed E-state index contributed by atoms with van der Waals surface area (Å²) in [7, 11) is 1.45. The van der Waals surface area contributed by atoms with E-state index < -0.39 is 18.2 Å². The highest BCUT2D eigenvalue weighted by molar-refractivity contribution is 5.88. The molecule has 0 bridgehead atoms. The molecule has 1 rings (SSSR count). The highest BCUT2D eigenvalue weighted by Gasteiger charge is 2.29. The van der Waals surface area contributed by atoms with Crippen LogP contribution < -0.4 is 5.32 Å². The van der Waals surface area contributed by atoms with Crippen molar-refractivity contribution in [1.29, 1.82) is 0 Å². The number of hydrogen-bond donors (Lipinski definition) is 4. The van der Waals surface area contributed by atoms with E-state index in [0.29, 0.717) is 5.69 Å². The fourth-order valence-corrected chi connectivity index (χ4v) is 2.03. The van der Waals surface area contributed by atoms with Crippen LogP contribution in [0.15, 0.2) is 0 Å². The van der Waals surface area contributed by atoms with E-state index in [1.54, 1.807) is 6.92 Å². The molecule has 112 valence electrons. The van der Waals surface area contributed by atoms with Crippen LogP contribution in [0.4, 0.5) is 0 Å². The van der Waals surface area contributed by atoms with Crippen LogP contribution in [0.1, 0.15) is 41.2 Å². The van der Waals surface area contributed by atoms with Crippen LogP contribution >= 0.6 is 0 Å². The number of aliphatic hydroxyl groups excluding tert-OH is 2. The molecule has 0 saturated heterocycles. The van der Waals surface area contributed by atoms with Crippen molar-refractivity contribution in [3.05, 3.63) is 17.0 Å². The molecule has 0 radical (unpaired) electrons. The minimum Gasteiger partial charge on any atom is -0.477 e. The molecule has 8 heteroatoms.